The number of aliphatic imine (C=N–C) groups is 2. The number of ether oxygens (including phenoxy) is 3. The first kappa shape index (κ1) is 40.8. The summed E-state index contributed by atoms with van der Waals surface area (Å²) in [4.78, 5) is 64.4. The van der Waals surface area contributed by atoms with Crippen molar-refractivity contribution in [1.82, 2.24) is 31.1 Å². The molecule has 0 radical (unpaired) electrons. The zero-order valence-electron chi connectivity index (χ0n) is 33.6. The fraction of sp³-hybridized carbons (Fsp3) is 0.550. The van der Waals surface area contributed by atoms with Crippen molar-refractivity contribution in [1.29, 1.82) is 0 Å². The molecule has 2 fully saturated rings. The maximum atomic E-state index is 14.1. The predicted molar refractivity (Wildman–Crippen MR) is 213 cm³/mol. The van der Waals surface area contributed by atoms with Gasteiger partial charge in [0.15, 0.2) is 0 Å². The SMILES string of the molecule is COC(=O)N[C@H](C(=O)N1CCC[C@H]1C1=NCC(c2ccc3c(c2)Oc2ccc(C4CN=C([C@@H]5CCCN5C(=O)[C@@H](NC(=O)OC)C(C)C)N4)cc2S3(=O)=O)N1)C(C)C. The van der Waals surface area contributed by atoms with Crippen LogP contribution in [0, 0.1) is 11.8 Å². The summed E-state index contributed by atoms with van der Waals surface area (Å²) >= 11 is 0. The van der Waals surface area contributed by atoms with Crippen molar-refractivity contribution < 1.29 is 41.8 Å². The Kier molecular flexibility index (Phi) is 11.6. The van der Waals surface area contributed by atoms with Gasteiger partial charge in [-0.1, -0.05) is 39.8 Å². The van der Waals surface area contributed by atoms with Gasteiger partial charge in [0.25, 0.3) is 0 Å². The lowest BCUT2D eigenvalue weighted by Crippen LogP contribution is -2.54. The summed E-state index contributed by atoms with van der Waals surface area (Å²) in [5.74, 6) is 1.05. The Labute approximate surface area is 338 Å². The molecule has 5 heterocycles. The van der Waals surface area contributed by atoms with Gasteiger partial charge in [-0.2, -0.15) is 0 Å². The molecular formula is C40H52N8O9S. The lowest BCUT2D eigenvalue weighted by atomic mass is 10.0. The van der Waals surface area contributed by atoms with E-state index in [9.17, 15) is 27.6 Å². The summed E-state index contributed by atoms with van der Waals surface area (Å²) in [6.07, 6.45) is 1.66. The van der Waals surface area contributed by atoms with Crippen LogP contribution in [0.1, 0.15) is 76.6 Å². The molecule has 4 amide bonds. The second kappa shape index (κ2) is 16.5. The van der Waals surface area contributed by atoms with E-state index in [1.807, 2.05) is 33.8 Å². The van der Waals surface area contributed by atoms with E-state index in [0.717, 1.165) is 24.8 Å². The standard InChI is InChI=1S/C40H52N8O9S/c1-21(2)33(45-39(51)55-5)37(49)47-15-7-9-27(47)35-41-19-25(43-35)23-12-14-31-30(17-23)57-29-13-11-24(18-32(29)58(31,53)54)26-20-42-36(44-26)28-10-8-16-48(28)38(50)34(22(3)4)46-40(52)56-6/h11-14,17-18,21-22,25-28,33-34H,7-10,15-16,19-20H2,1-6H3,(H,41,43)(H,42,44)(H,45,51)(H,46,52)/t25?,26?,27-,28-,33-,34-/m0/s1. The number of carbonyl (C=O) groups excluding carboxylic acids is 4. The summed E-state index contributed by atoms with van der Waals surface area (Å²) in [5, 5.41) is 12.2. The molecule has 4 N–H and O–H groups in total. The highest BCUT2D eigenvalue weighted by Gasteiger charge is 2.42. The number of hydrogen-bond donors (Lipinski definition) is 4. The van der Waals surface area contributed by atoms with E-state index < -0.39 is 34.1 Å². The molecule has 0 spiro atoms. The number of methoxy groups -OCH3 is 2. The predicted octanol–water partition coefficient (Wildman–Crippen LogP) is 3.45. The molecule has 2 saturated heterocycles. The van der Waals surface area contributed by atoms with Crippen molar-refractivity contribution in [3.8, 4) is 11.5 Å². The van der Waals surface area contributed by atoms with E-state index in [2.05, 4.69) is 21.3 Å². The van der Waals surface area contributed by atoms with Crippen LogP contribution in [0.3, 0.4) is 0 Å². The number of sulfone groups is 1. The molecule has 2 aromatic rings. The highest BCUT2D eigenvalue weighted by molar-refractivity contribution is 7.91. The Bertz CT molecular complexity index is 2140. The summed E-state index contributed by atoms with van der Waals surface area (Å²) in [5.41, 5.74) is 1.50. The average Bonchev–Trinajstić information content (AvgIpc) is 4.05. The van der Waals surface area contributed by atoms with Gasteiger partial charge in [0.05, 0.1) is 51.5 Å². The van der Waals surface area contributed by atoms with Crippen LogP contribution in [0.15, 0.2) is 56.2 Å². The van der Waals surface area contributed by atoms with Crippen LogP contribution >= 0.6 is 0 Å². The number of nitrogens with one attached hydrogen (secondary N) is 4. The van der Waals surface area contributed by atoms with Gasteiger partial charge in [-0.15, -0.1) is 0 Å². The van der Waals surface area contributed by atoms with Crippen LogP contribution in [-0.4, -0.2) is 118 Å². The molecule has 7 rings (SSSR count). The first-order chi connectivity index (χ1) is 27.7. The van der Waals surface area contributed by atoms with Gasteiger partial charge in [-0.3, -0.25) is 19.6 Å². The number of alkyl carbamates (subject to hydrolysis) is 2. The number of benzene rings is 2. The van der Waals surface area contributed by atoms with E-state index in [0.29, 0.717) is 49.8 Å². The minimum Gasteiger partial charge on any atom is -0.455 e. The van der Waals surface area contributed by atoms with Crippen molar-refractivity contribution in [2.24, 2.45) is 21.8 Å². The molecule has 58 heavy (non-hydrogen) atoms. The molecule has 0 aromatic heterocycles. The molecule has 2 aromatic carbocycles. The van der Waals surface area contributed by atoms with Crippen molar-refractivity contribution in [2.45, 2.75) is 99.4 Å². The van der Waals surface area contributed by atoms with E-state index >= 15 is 0 Å². The number of amides is 4. The Morgan fingerprint density at radius 3 is 1.69 bits per heavy atom. The normalized spacial score (nSPS) is 24.1. The molecule has 18 heteroatoms. The number of hydrogen-bond acceptors (Lipinski definition) is 13. The molecule has 5 aliphatic rings. The molecule has 5 aliphatic heterocycles. The van der Waals surface area contributed by atoms with Gasteiger partial charge in [-0.05, 0) is 72.9 Å². The van der Waals surface area contributed by atoms with Gasteiger partial charge in [0, 0.05) is 13.1 Å². The largest absolute Gasteiger partial charge is 0.455 e. The van der Waals surface area contributed by atoms with Crippen LogP contribution in [-0.2, 0) is 28.9 Å². The fourth-order valence-corrected chi connectivity index (χ4v) is 9.92. The van der Waals surface area contributed by atoms with Gasteiger partial charge >= 0.3 is 12.2 Å². The summed E-state index contributed by atoms with van der Waals surface area (Å²) in [7, 11) is -1.44. The first-order valence-electron chi connectivity index (χ1n) is 19.8. The van der Waals surface area contributed by atoms with Crippen LogP contribution < -0.4 is 26.0 Å². The molecule has 17 nitrogen and oxygen atoms in total. The zero-order valence-corrected chi connectivity index (χ0v) is 34.4. The molecule has 312 valence electrons. The number of carbonyl (C=O) groups is 4. The van der Waals surface area contributed by atoms with Crippen molar-refractivity contribution in [2.75, 3.05) is 40.4 Å². The van der Waals surface area contributed by atoms with Crippen molar-refractivity contribution in [3.05, 3.63) is 47.5 Å². The molecule has 0 aliphatic carbocycles. The smallest absolute Gasteiger partial charge is 0.407 e. The number of nitrogens with zero attached hydrogens (tertiary/aromatic N) is 4. The monoisotopic (exact) mass is 820 g/mol. The van der Waals surface area contributed by atoms with E-state index in [4.69, 9.17) is 24.2 Å². The van der Waals surface area contributed by atoms with Crippen LogP contribution in [0.25, 0.3) is 0 Å². The maximum absolute atomic E-state index is 14.1. The second-order valence-corrected chi connectivity index (χ2v) is 17.8. The highest BCUT2D eigenvalue weighted by Crippen LogP contribution is 2.45. The van der Waals surface area contributed by atoms with Gasteiger partial charge in [0.1, 0.15) is 45.0 Å². The minimum absolute atomic E-state index is 0.0575. The summed E-state index contributed by atoms with van der Waals surface area (Å²) in [6.45, 7) is 9.27. The van der Waals surface area contributed by atoms with Crippen molar-refractivity contribution >= 4 is 45.5 Å². The third kappa shape index (κ3) is 7.77. The lowest BCUT2D eigenvalue weighted by Gasteiger charge is -2.31. The summed E-state index contributed by atoms with van der Waals surface area (Å²) < 4.78 is 43.9. The third-order valence-electron chi connectivity index (χ3n) is 11.6. The Morgan fingerprint density at radius 2 is 1.21 bits per heavy atom. The van der Waals surface area contributed by atoms with Crippen LogP contribution in [0.2, 0.25) is 0 Å². The van der Waals surface area contributed by atoms with Gasteiger partial charge in [0.2, 0.25) is 21.7 Å². The lowest BCUT2D eigenvalue weighted by molar-refractivity contribution is -0.135. The van der Waals surface area contributed by atoms with Crippen LogP contribution in [0.5, 0.6) is 11.5 Å². The van der Waals surface area contributed by atoms with Crippen molar-refractivity contribution in [3.63, 3.8) is 0 Å². The number of rotatable bonds is 10. The molecule has 6 atom stereocenters. The average molecular weight is 821 g/mol. The minimum atomic E-state index is -3.96. The zero-order chi connectivity index (χ0) is 41.5. The highest BCUT2D eigenvalue weighted by atomic mass is 32.2. The number of fused-ring (bicyclic) bond motifs is 2. The van der Waals surface area contributed by atoms with E-state index in [1.54, 1.807) is 40.1 Å². The Hall–Kier alpha value is -5.39. The Balaban J connectivity index is 1.01. The second-order valence-electron chi connectivity index (χ2n) is 16.0. The Morgan fingerprint density at radius 1 is 0.724 bits per heavy atom. The van der Waals surface area contributed by atoms with E-state index in [-0.39, 0.29) is 69.1 Å². The fourth-order valence-electron chi connectivity index (χ4n) is 8.40. The maximum Gasteiger partial charge on any atom is 0.407 e. The quantitative estimate of drug-likeness (QED) is 0.233. The van der Waals surface area contributed by atoms with Crippen LogP contribution in [0.4, 0.5) is 9.59 Å². The summed E-state index contributed by atoms with van der Waals surface area (Å²) in [6, 6.07) is 7.50. The van der Waals surface area contributed by atoms with E-state index in [1.165, 1.54) is 14.2 Å². The molecule has 2 unspecified atom stereocenters. The molecule has 0 bridgehead atoms. The first-order valence-corrected chi connectivity index (χ1v) is 21.3. The number of likely N-dealkylation sites (tertiary alicyclic amines) is 2. The topological polar surface area (TPSA) is 209 Å². The number of amidine groups is 2. The van der Waals surface area contributed by atoms with Gasteiger partial charge in [-0.25, -0.2) is 18.0 Å². The molecular weight excluding hydrogens is 769 g/mol. The van der Waals surface area contributed by atoms with Gasteiger partial charge < -0.3 is 45.3 Å². The third-order valence-corrected chi connectivity index (χ3v) is 13.4. The molecule has 0 saturated carbocycles.